The second-order valence-corrected chi connectivity index (χ2v) is 5.94. The summed E-state index contributed by atoms with van der Waals surface area (Å²) in [5.41, 5.74) is 1.30. The van der Waals surface area contributed by atoms with Gasteiger partial charge in [0.25, 0.3) is 0 Å². The topological polar surface area (TPSA) is 12.4 Å². The van der Waals surface area contributed by atoms with Crippen LogP contribution >= 0.6 is 11.8 Å². The Labute approximate surface area is 101 Å². The van der Waals surface area contributed by atoms with Crippen molar-refractivity contribution in [2.24, 2.45) is 10.9 Å². The molecule has 0 aromatic heterocycles. The molecule has 0 bridgehead atoms. The quantitative estimate of drug-likeness (QED) is 0.717. The molecule has 2 aliphatic rings. The van der Waals surface area contributed by atoms with Crippen molar-refractivity contribution in [3.63, 3.8) is 0 Å². The highest BCUT2D eigenvalue weighted by molar-refractivity contribution is 8.15. The molecule has 2 atom stereocenters. The van der Waals surface area contributed by atoms with E-state index in [0.717, 1.165) is 17.7 Å². The number of thioether (sulfide) groups is 1. The highest BCUT2D eigenvalue weighted by Crippen LogP contribution is 2.38. The van der Waals surface area contributed by atoms with Gasteiger partial charge in [-0.3, -0.25) is 4.99 Å². The van der Waals surface area contributed by atoms with Gasteiger partial charge in [-0.05, 0) is 18.8 Å². The van der Waals surface area contributed by atoms with E-state index in [2.05, 4.69) is 30.3 Å². The minimum atomic E-state index is 0.835. The van der Waals surface area contributed by atoms with Crippen LogP contribution in [-0.2, 0) is 0 Å². The van der Waals surface area contributed by atoms with E-state index in [1.807, 2.05) is 11.8 Å². The number of nitrogens with zero attached hydrogens (tertiary/aromatic N) is 1. The summed E-state index contributed by atoms with van der Waals surface area (Å²) in [7, 11) is 0. The Morgan fingerprint density at radius 1 is 1.06 bits per heavy atom. The van der Waals surface area contributed by atoms with Crippen LogP contribution in [0.4, 0.5) is 0 Å². The van der Waals surface area contributed by atoms with E-state index in [4.69, 9.17) is 4.99 Å². The average molecular weight is 231 g/mol. The summed E-state index contributed by atoms with van der Waals surface area (Å²) in [5.74, 6) is 0.853. The van der Waals surface area contributed by atoms with Gasteiger partial charge in [-0.15, -0.1) is 11.8 Å². The summed E-state index contributed by atoms with van der Waals surface area (Å²) in [4.78, 5) is 4.76. The zero-order valence-electron chi connectivity index (χ0n) is 9.43. The molecule has 1 aromatic rings. The van der Waals surface area contributed by atoms with Crippen molar-refractivity contribution in [3.8, 4) is 0 Å². The third-order valence-electron chi connectivity index (χ3n) is 3.59. The van der Waals surface area contributed by atoms with Crippen molar-refractivity contribution >= 4 is 16.8 Å². The van der Waals surface area contributed by atoms with Gasteiger partial charge in [0.2, 0.25) is 0 Å². The van der Waals surface area contributed by atoms with Crippen LogP contribution in [0.25, 0.3) is 0 Å². The van der Waals surface area contributed by atoms with Gasteiger partial charge in [-0.1, -0.05) is 43.2 Å². The molecule has 0 saturated heterocycles. The van der Waals surface area contributed by atoms with Gasteiger partial charge in [-0.25, -0.2) is 0 Å². The standard InChI is InChI=1S/C14H17NS/c1-2-6-11(7-3-1)14-15-10-12-8-4-5-9-13(12)16-14/h1-3,6-7,12-13H,4-5,8-10H2/t12-,13-/m0/s1. The molecule has 1 fully saturated rings. The molecular weight excluding hydrogens is 214 g/mol. The molecule has 0 N–H and O–H groups in total. The first-order valence-corrected chi connectivity index (χ1v) is 7.08. The first-order valence-electron chi connectivity index (χ1n) is 6.20. The van der Waals surface area contributed by atoms with Crippen LogP contribution in [0.2, 0.25) is 0 Å². The lowest BCUT2D eigenvalue weighted by Gasteiger charge is -2.33. The molecule has 84 valence electrons. The maximum absolute atomic E-state index is 4.76. The van der Waals surface area contributed by atoms with Crippen LogP contribution in [0, 0.1) is 5.92 Å². The number of hydrogen-bond donors (Lipinski definition) is 0. The molecule has 0 radical (unpaired) electrons. The highest BCUT2D eigenvalue weighted by atomic mass is 32.2. The predicted octanol–water partition coefficient (Wildman–Crippen LogP) is 3.74. The molecule has 0 spiro atoms. The van der Waals surface area contributed by atoms with Gasteiger partial charge in [0.05, 0.1) is 5.04 Å². The van der Waals surface area contributed by atoms with Gasteiger partial charge in [0.15, 0.2) is 0 Å². The molecule has 16 heavy (non-hydrogen) atoms. The number of rotatable bonds is 1. The third-order valence-corrected chi connectivity index (χ3v) is 5.10. The molecule has 0 amide bonds. The Kier molecular flexibility index (Phi) is 3.00. The fourth-order valence-corrected chi connectivity index (χ4v) is 4.07. The van der Waals surface area contributed by atoms with Crippen LogP contribution in [0.5, 0.6) is 0 Å². The van der Waals surface area contributed by atoms with E-state index in [1.165, 1.54) is 36.3 Å². The Balaban J connectivity index is 1.81. The normalized spacial score (nSPS) is 29.4. The maximum atomic E-state index is 4.76. The summed E-state index contributed by atoms with van der Waals surface area (Å²) in [6, 6.07) is 10.6. The molecule has 1 heterocycles. The minimum Gasteiger partial charge on any atom is -0.277 e. The van der Waals surface area contributed by atoms with Crippen LogP contribution in [0.3, 0.4) is 0 Å². The fourth-order valence-electron chi connectivity index (χ4n) is 2.66. The van der Waals surface area contributed by atoms with E-state index in [1.54, 1.807) is 0 Å². The number of benzene rings is 1. The molecule has 1 aliphatic heterocycles. The second kappa shape index (κ2) is 4.62. The first kappa shape index (κ1) is 10.4. The Morgan fingerprint density at radius 2 is 1.88 bits per heavy atom. The monoisotopic (exact) mass is 231 g/mol. The third kappa shape index (κ3) is 2.03. The lowest BCUT2D eigenvalue weighted by molar-refractivity contribution is 0.377. The molecule has 1 aromatic carbocycles. The average Bonchev–Trinajstić information content (AvgIpc) is 2.39. The van der Waals surface area contributed by atoms with Crippen LogP contribution in [0.15, 0.2) is 35.3 Å². The second-order valence-electron chi connectivity index (χ2n) is 4.71. The van der Waals surface area contributed by atoms with Crippen LogP contribution in [-0.4, -0.2) is 16.8 Å². The van der Waals surface area contributed by atoms with Crippen LogP contribution < -0.4 is 0 Å². The van der Waals surface area contributed by atoms with Gasteiger partial charge in [0.1, 0.15) is 0 Å². The van der Waals surface area contributed by atoms with E-state index in [-0.39, 0.29) is 0 Å². The summed E-state index contributed by atoms with van der Waals surface area (Å²) < 4.78 is 0. The summed E-state index contributed by atoms with van der Waals surface area (Å²) in [6.07, 6.45) is 5.61. The van der Waals surface area contributed by atoms with E-state index in [0.29, 0.717) is 0 Å². The summed E-state index contributed by atoms with van der Waals surface area (Å²) in [5, 5.41) is 2.10. The molecular formula is C14H17NS. The lowest BCUT2D eigenvalue weighted by Crippen LogP contribution is -2.29. The largest absolute Gasteiger partial charge is 0.277 e. The zero-order valence-corrected chi connectivity index (χ0v) is 10.2. The van der Waals surface area contributed by atoms with E-state index in [9.17, 15) is 0 Å². The summed E-state index contributed by atoms with van der Waals surface area (Å²) >= 11 is 2.02. The van der Waals surface area contributed by atoms with Crippen LogP contribution in [0.1, 0.15) is 31.2 Å². The van der Waals surface area contributed by atoms with E-state index >= 15 is 0 Å². The number of aliphatic imine (C=N–C) groups is 1. The van der Waals surface area contributed by atoms with Crippen molar-refractivity contribution in [3.05, 3.63) is 35.9 Å². The van der Waals surface area contributed by atoms with Gasteiger partial charge in [-0.2, -0.15) is 0 Å². The van der Waals surface area contributed by atoms with Crippen molar-refractivity contribution in [1.29, 1.82) is 0 Å². The number of hydrogen-bond acceptors (Lipinski definition) is 2. The van der Waals surface area contributed by atoms with Crippen molar-refractivity contribution in [2.75, 3.05) is 6.54 Å². The Hall–Kier alpha value is -0.760. The fraction of sp³-hybridized carbons (Fsp3) is 0.500. The van der Waals surface area contributed by atoms with Crippen molar-refractivity contribution < 1.29 is 0 Å². The molecule has 1 aliphatic carbocycles. The molecule has 3 rings (SSSR count). The SMILES string of the molecule is c1ccc(C2=NC[C@@H]3CCCC[C@@H]3S2)cc1. The molecule has 2 heteroatoms. The molecule has 1 saturated carbocycles. The number of fused-ring (bicyclic) bond motifs is 1. The predicted molar refractivity (Wildman–Crippen MR) is 71.2 cm³/mol. The first-order chi connectivity index (χ1) is 7.93. The smallest absolute Gasteiger partial charge is 0.0979 e. The van der Waals surface area contributed by atoms with Gasteiger partial charge in [0, 0.05) is 17.4 Å². The summed E-state index contributed by atoms with van der Waals surface area (Å²) in [6.45, 7) is 1.06. The Bertz CT molecular complexity index is 385. The van der Waals surface area contributed by atoms with E-state index < -0.39 is 0 Å². The lowest BCUT2D eigenvalue weighted by atomic mass is 9.88. The van der Waals surface area contributed by atoms with Crippen molar-refractivity contribution in [1.82, 2.24) is 0 Å². The minimum absolute atomic E-state index is 0.835. The van der Waals surface area contributed by atoms with Gasteiger partial charge < -0.3 is 0 Å². The van der Waals surface area contributed by atoms with Gasteiger partial charge >= 0.3 is 0 Å². The zero-order chi connectivity index (χ0) is 10.8. The molecule has 1 nitrogen and oxygen atoms in total. The maximum Gasteiger partial charge on any atom is 0.0979 e. The molecule has 0 unspecified atom stereocenters. The van der Waals surface area contributed by atoms with Crippen molar-refractivity contribution in [2.45, 2.75) is 30.9 Å². The Morgan fingerprint density at radius 3 is 2.75 bits per heavy atom. The highest BCUT2D eigenvalue weighted by Gasteiger charge is 2.30.